The van der Waals surface area contributed by atoms with Gasteiger partial charge in [0.25, 0.3) is 0 Å². The molecule has 0 aliphatic carbocycles. The molecule has 0 atom stereocenters. The summed E-state index contributed by atoms with van der Waals surface area (Å²) in [5.41, 5.74) is 2.57. The molecule has 0 fully saturated rings. The lowest BCUT2D eigenvalue weighted by atomic mass is 10.2. The Labute approximate surface area is 127 Å². The van der Waals surface area contributed by atoms with Gasteiger partial charge in [-0.3, -0.25) is 5.32 Å². The van der Waals surface area contributed by atoms with Crippen LogP contribution in [0.2, 0.25) is 5.02 Å². The maximum Gasteiger partial charge on any atom is 0.411 e. The number of ether oxygens (including phenoxy) is 1. The molecule has 0 spiro atoms. The van der Waals surface area contributed by atoms with Crippen LogP contribution in [0.15, 0.2) is 48.5 Å². The number of anilines is 1. The monoisotopic (exact) mass is 309 g/mol. The van der Waals surface area contributed by atoms with E-state index in [1.54, 1.807) is 24.3 Å². The van der Waals surface area contributed by atoms with E-state index in [2.05, 4.69) is 5.32 Å². The highest BCUT2D eigenvalue weighted by Crippen LogP contribution is 2.14. The van der Waals surface area contributed by atoms with Gasteiger partial charge in [-0.05, 0) is 35.4 Å². The van der Waals surface area contributed by atoms with Crippen molar-refractivity contribution in [3.05, 3.63) is 64.7 Å². The van der Waals surface area contributed by atoms with Gasteiger partial charge in [-0.2, -0.15) is 0 Å². The summed E-state index contributed by atoms with van der Waals surface area (Å²) in [4.78, 5) is 11.6. The topological polar surface area (TPSA) is 38.3 Å². The summed E-state index contributed by atoms with van der Waals surface area (Å²) in [6, 6.07) is 14.4. The van der Waals surface area contributed by atoms with Gasteiger partial charge in [-0.25, -0.2) is 4.79 Å². The lowest BCUT2D eigenvalue weighted by Gasteiger charge is -2.07. The van der Waals surface area contributed by atoms with Crippen LogP contribution in [0.1, 0.15) is 11.1 Å². The summed E-state index contributed by atoms with van der Waals surface area (Å²) in [6.45, 7) is 0.210. The minimum absolute atomic E-state index is 0.210. The molecule has 3 nitrogen and oxygen atoms in total. The van der Waals surface area contributed by atoms with Crippen molar-refractivity contribution < 1.29 is 9.53 Å². The summed E-state index contributed by atoms with van der Waals surface area (Å²) in [5, 5.41) is 3.24. The Kier molecular flexibility index (Phi) is 5.27. The van der Waals surface area contributed by atoms with Gasteiger partial charge in [-0.1, -0.05) is 35.9 Å². The molecule has 1 N–H and O–H groups in total. The fourth-order valence-corrected chi connectivity index (χ4v) is 1.86. The molecule has 0 heterocycles. The van der Waals surface area contributed by atoms with Crippen molar-refractivity contribution in [2.45, 2.75) is 12.5 Å². The third-order valence-corrected chi connectivity index (χ3v) is 3.20. The van der Waals surface area contributed by atoms with E-state index < -0.39 is 6.09 Å². The van der Waals surface area contributed by atoms with Crippen molar-refractivity contribution in [2.24, 2.45) is 0 Å². The zero-order chi connectivity index (χ0) is 14.4. The Balaban J connectivity index is 1.83. The standard InChI is InChI=1S/C15H13Cl2NO2/c16-9-11-1-3-12(4-2-11)10-20-15(19)18-14-7-5-13(17)6-8-14/h1-8H,9-10H2,(H,18,19). The van der Waals surface area contributed by atoms with Crippen LogP contribution in [-0.4, -0.2) is 6.09 Å². The van der Waals surface area contributed by atoms with Gasteiger partial charge in [0, 0.05) is 16.6 Å². The molecule has 0 radical (unpaired) electrons. The summed E-state index contributed by atoms with van der Waals surface area (Å²) >= 11 is 11.5. The lowest BCUT2D eigenvalue weighted by molar-refractivity contribution is 0.155. The van der Waals surface area contributed by atoms with Crippen LogP contribution in [0.4, 0.5) is 10.5 Å². The number of nitrogens with one attached hydrogen (secondary N) is 1. The SMILES string of the molecule is O=C(Nc1ccc(Cl)cc1)OCc1ccc(CCl)cc1. The molecule has 5 heteroatoms. The molecule has 1 amide bonds. The highest BCUT2D eigenvalue weighted by atomic mass is 35.5. The molecule has 0 unspecified atom stereocenters. The van der Waals surface area contributed by atoms with Gasteiger partial charge in [0.05, 0.1) is 0 Å². The van der Waals surface area contributed by atoms with E-state index >= 15 is 0 Å². The van der Waals surface area contributed by atoms with E-state index in [0.717, 1.165) is 11.1 Å². The first-order valence-electron chi connectivity index (χ1n) is 6.00. The van der Waals surface area contributed by atoms with Crippen molar-refractivity contribution in [2.75, 3.05) is 5.32 Å². The van der Waals surface area contributed by atoms with Gasteiger partial charge in [-0.15, -0.1) is 11.6 Å². The smallest absolute Gasteiger partial charge is 0.411 e. The molecule has 0 aliphatic heterocycles. The second-order valence-corrected chi connectivity index (χ2v) is 4.86. The first-order chi connectivity index (χ1) is 9.67. The highest BCUT2D eigenvalue weighted by Gasteiger charge is 2.03. The first-order valence-corrected chi connectivity index (χ1v) is 6.92. The van der Waals surface area contributed by atoms with E-state index in [0.29, 0.717) is 16.6 Å². The van der Waals surface area contributed by atoms with E-state index in [-0.39, 0.29) is 6.61 Å². The molecule has 0 aromatic heterocycles. The highest BCUT2D eigenvalue weighted by molar-refractivity contribution is 6.30. The molecule has 0 saturated heterocycles. The minimum atomic E-state index is -0.506. The predicted octanol–water partition coefficient (Wildman–Crippen LogP) is 4.83. The average molecular weight is 310 g/mol. The Morgan fingerprint density at radius 1 is 1.00 bits per heavy atom. The third kappa shape index (κ3) is 4.44. The second-order valence-electron chi connectivity index (χ2n) is 4.16. The second kappa shape index (κ2) is 7.17. The van der Waals surface area contributed by atoms with Gasteiger partial charge in [0.15, 0.2) is 0 Å². The Bertz CT molecular complexity index is 567. The number of carbonyl (C=O) groups is 1. The molecule has 2 aromatic rings. The maximum absolute atomic E-state index is 11.6. The molecular formula is C15H13Cl2NO2. The van der Waals surface area contributed by atoms with E-state index in [9.17, 15) is 4.79 Å². The number of hydrogen-bond donors (Lipinski definition) is 1. The van der Waals surface area contributed by atoms with Crippen LogP contribution in [0, 0.1) is 0 Å². The van der Waals surface area contributed by atoms with Crippen LogP contribution < -0.4 is 5.32 Å². The quantitative estimate of drug-likeness (QED) is 0.822. The van der Waals surface area contributed by atoms with Crippen LogP contribution in [0.25, 0.3) is 0 Å². The molecule has 104 valence electrons. The summed E-state index contributed by atoms with van der Waals surface area (Å²) in [6.07, 6.45) is -0.506. The zero-order valence-electron chi connectivity index (χ0n) is 10.6. The Morgan fingerprint density at radius 3 is 2.20 bits per heavy atom. The largest absolute Gasteiger partial charge is 0.444 e. The molecule has 0 saturated carbocycles. The van der Waals surface area contributed by atoms with Crippen molar-refractivity contribution in [3.8, 4) is 0 Å². The summed E-state index contributed by atoms with van der Waals surface area (Å²) in [7, 11) is 0. The van der Waals surface area contributed by atoms with Crippen molar-refractivity contribution >= 4 is 35.0 Å². The first kappa shape index (κ1) is 14.7. The average Bonchev–Trinajstić information content (AvgIpc) is 2.48. The fraction of sp³-hybridized carbons (Fsp3) is 0.133. The number of carbonyl (C=O) groups excluding carboxylic acids is 1. The molecule has 20 heavy (non-hydrogen) atoms. The van der Waals surface area contributed by atoms with E-state index in [1.165, 1.54) is 0 Å². The number of hydrogen-bond acceptors (Lipinski definition) is 2. The fourth-order valence-electron chi connectivity index (χ4n) is 1.56. The van der Waals surface area contributed by atoms with Gasteiger partial charge in [0.1, 0.15) is 6.61 Å². The Morgan fingerprint density at radius 2 is 1.60 bits per heavy atom. The van der Waals surface area contributed by atoms with Crippen LogP contribution in [0.5, 0.6) is 0 Å². The van der Waals surface area contributed by atoms with Crippen LogP contribution in [-0.2, 0) is 17.2 Å². The van der Waals surface area contributed by atoms with Crippen LogP contribution >= 0.6 is 23.2 Å². The molecule has 2 aromatic carbocycles. The number of amides is 1. The van der Waals surface area contributed by atoms with Crippen molar-refractivity contribution in [1.82, 2.24) is 0 Å². The predicted molar refractivity (Wildman–Crippen MR) is 81.3 cm³/mol. The van der Waals surface area contributed by atoms with E-state index in [1.807, 2.05) is 24.3 Å². The van der Waals surface area contributed by atoms with Gasteiger partial charge >= 0.3 is 6.09 Å². The molecule has 0 bridgehead atoms. The molecule has 0 aliphatic rings. The molecular weight excluding hydrogens is 297 g/mol. The van der Waals surface area contributed by atoms with Crippen molar-refractivity contribution in [1.29, 1.82) is 0 Å². The minimum Gasteiger partial charge on any atom is -0.444 e. The maximum atomic E-state index is 11.6. The Hall–Kier alpha value is -1.71. The number of rotatable bonds is 4. The zero-order valence-corrected chi connectivity index (χ0v) is 12.1. The summed E-state index contributed by atoms with van der Waals surface area (Å²) in [5.74, 6) is 0.470. The number of alkyl halides is 1. The third-order valence-electron chi connectivity index (χ3n) is 2.64. The lowest BCUT2D eigenvalue weighted by Crippen LogP contribution is -2.13. The van der Waals surface area contributed by atoms with Gasteiger partial charge in [0.2, 0.25) is 0 Å². The number of halogens is 2. The van der Waals surface area contributed by atoms with E-state index in [4.69, 9.17) is 27.9 Å². The van der Waals surface area contributed by atoms with Gasteiger partial charge < -0.3 is 4.74 Å². The number of benzene rings is 2. The van der Waals surface area contributed by atoms with Crippen LogP contribution in [0.3, 0.4) is 0 Å². The molecule has 2 rings (SSSR count). The normalized spacial score (nSPS) is 10.1. The van der Waals surface area contributed by atoms with Crippen molar-refractivity contribution in [3.63, 3.8) is 0 Å². The summed E-state index contributed by atoms with van der Waals surface area (Å²) < 4.78 is 5.12.